The molecule has 0 atom stereocenters. The van der Waals surface area contributed by atoms with Crippen LogP contribution in [0.2, 0.25) is 5.02 Å². The van der Waals surface area contributed by atoms with Gasteiger partial charge in [0.1, 0.15) is 11.9 Å². The van der Waals surface area contributed by atoms with Crippen LogP contribution in [-0.2, 0) is 4.79 Å². The van der Waals surface area contributed by atoms with Gasteiger partial charge in [0.25, 0.3) is 5.91 Å². The van der Waals surface area contributed by atoms with E-state index < -0.39 is 0 Å². The van der Waals surface area contributed by atoms with Crippen molar-refractivity contribution in [1.82, 2.24) is 0 Å². The van der Waals surface area contributed by atoms with Crippen LogP contribution >= 0.6 is 11.6 Å². The number of halogens is 1. The third kappa shape index (κ3) is 4.13. The number of rotatable bonds is 5. The molecule has 0 radical (unpaired) electrons. The lowest BCUT2D eigenvalue weighted by Gasteiger charge is -2.29. The Morgan fingerprint density at radius 3 is 2.16 bits per heavy atom. The quantitative estimate of drug-likeness (QED) is 0.361. The van der Waals surface area contributed by atoms with Gasteiger partial charge >= 0.3 is 0 Å². The van der Waals surface area contributed by atoms with E-state index in [9.17, 15) is 4.79 Å². The van der Waals surface area contributed by atoms with Gasteiger partial charge in [-0.1, -0.05) is 48.0 Å². The van der Waals surface area contributed by atoms with Gasteiger partial charge in [-0.25, -0.2) is 0 Å². The zero-order chi connectivity index (χ0) is 21.2. The summed E-state index contributed by atoms with van der Waals surface area (Å²) in [5, 5.41) is 12.9. The molecule has 5 rings (SSSR count). The second kappa shape index (κ2) is 8.20. The van der Waals surface area contributed by atoms with Gasteiger partial charge in [-0.15, -0.1) is 0 Å². The van der Waals surface area contributed by atoms with Gasteiger partial charge in [0, 0.05) is 27.5 Å². The SMILES string of the molecule is O=C(COc1ccc(C2Nc3cccc4cccc(c34)N2)cc1)Nc1ccc(Cl)cc1. The first-order chi connectivity index (χ1) is 15.2. The Morgan fingerprint density at radius 1 is 0.871 bits per heavy atom. The molecule has 1 heterocycles. The number of carbonyl (C=O) groups excluding carboxylic acids is 1. The van der Waals surface area contributed by atoms with E-state index in [-0.39, 0.29) is 18.7 Å². The summed E-state index contributed by atoms with van der Waals surface area (Å²) in [6.07, 6.45) is -0.0530. The predicted molar refractivity (Wildman–Crippen MR) is 126 cm³/mol. The van der Waals surface area contributed by atoms with Crippen LogP contribution in [0.1, 0.15) is 11.7 Å². The van der Waals surface area contributed by atoms with Crippen LogP contribution in [0.25, 0.3) is 10.8 Å². The zero-order valence-electron chi connectivity index (χ0n) is 16.6. The fourth-order valence-electron chi connectivity index (χ4n) is 3.73. The standard InChI is InChI=1S/C25H20ClN3O2/c26-18-9-11-19(12-10-18)27-23(30)15-31-20-13-7-17(8-14-20)25-28-21-5-1-3-16-4-2-6-22(29-25)24(16)21/h1-14,25,28-29H,15H2,(H,27,30). The van der Waals surface area contributed by atoms with Gasteiger partial charge in [0.2, 0.25) is 0 Å². The second-order valence-corrected chi connectivity index (χ2v) is 7.78. The Bertz CT molecular complexity index is 1200. The maximum atomic E-state index is 12.1. The Kier molecular flexibility index (Phi) is 5.10. The smallest absolute Gasteiger partial charge is 0.262 e. The molecular weight excluding hydrogens is 410 g/mol. The first-order valence-electron chi connectivity index (χ1n) is 9.99. The van der Waals surface area contributed by atoms with Crippen LogP contribution in [0, 0.1) is 0 Å². The van der Waals surface area contributed by atoms with Crippen molar-refractivity contribution in [1.29, 1.82) is 0 Å². The maximum Gasteiger partial charge on any atom is 0.262 e. The highest BCUT2D eigenvalue weighted by Gasteiger charge is 2.20. The molecule has 31 heavy (non-hydrogen) atoms. The van der Waals surface area contributed by atoms with Crippen molar-refractivity contribution >= 4 is 45.3 Å². The number of hydrogen-bond acceptors (Lipinski definition) is 4. The highest BCUT2D eigenvalue weighted by atomic mass is 35.5. The summed E-state index contributed by atoms with van der Waals surface area (Å²) >= 11 is 5.86. The van der Waals surface area contributed by atoms with Crippen LogP contribution in [-0.4, -0.2) is 12.5 Å². The monoisotopic (exact) mass is 429 g/mol. The molecule has 4 aromatic rings. The average Bonchev–Trinajstić information content (AvgIpc) is 2.80. The number of ether oxygens (including phenoxy) is 1. The lowest BCUT2D eigenvalue weighted by molar-refractivity contribution is -0.118. The summed E-state index contributed by atoms with van der Waals surface area (Å²) in [6.45, 7) is -0.0721. The van der Waals surface area contributed by atoms with E-state index in [0.717, 1.165) is 16.9 Å². The fraction of sp³-hybridized carbons (Fsp3) is 0.0800. The molecule has 0 fully saturated rings. The first kappa shape index (κ1) is 19.3. The Balaban J connectivity index is 1.22. The van der Waals surface area contributed by atoms with Gasteiger partial charge < -0.3 is 20.7 Å². The molecule has 0 aromatic heterocycles. The number of anilines is 3. The largest absolute Gasteiger partial charge is 0.484 e. The highest BCUT2D eigenvalue weighted by molar-refractivity contribution is 6.30. The zero-order valence-corrected chi connectivity index (χ0v) is 17.3. The van der Waals surface area contributed by atoms with Gasteiger partial charge in [-0.05, 0) is 59.5 Å². The molecule has 0 aliphatic carbocycles. The highest BCUT2D eigenvalue weighted by Crippen LogP contribution is 2.38. The number of carbonyl (C=O) groups is 1. The first-order valence-corrected chi connectivity index (χ1v) is 10.4. The minimum Gasteiger partial charge on any atom is -0.484 e. The Labute approximate surface area is 185 Å². The maximum absolute atomic E-state index is 12.1. The predicted octanol–water partition coefficient (Wildman–Crippen LogP) is 6.05. The Morgan fingerprint density at radius 2 is 1.52 bits per heavy atom. The van der Waals surface area contributed by atoms with Crippen LogP contribution < -0.4 is 20.7 Å². The van der Waals surface area contributed by atoms with Crippen molar-refractivity contribution in [3.05, 3.63) is 95.5 Å². The van der Waals surface area contributed by atoms with Crippen molar-refractivity contribution in [2.75, 3.05) is 22.6 Å². The van der Waals surface area contributed by atoms with Crippen molar-refractivity contribution in [3.8, 4) is 5.75 Å². The lowest BCUT2D eigenvalue weighted by Crippen LogP contribution is -2.23. The summed E-state index contributed by atoms with van der Waals surface area (Å²) in [5.41, 5.74) is 3.97. The molecule has 5 nitrogen and oxygen atoms in total. The van der Waals surface area contributed by atoms with Gasteiger partial charge in [0.05, 0.1) is 0 Å². The van der Waals surface area contributed by atoms with Crippen molar-refractivity contribution < 1.29 is 9.53 Å². The minimum absolute atomic E-state index is 0.0530. The molecule has 0 saturated heterocycles. The minimum atomic E-state index is -0.230. The average molecular weight is 430 g/mol. The molecule has 4 aromatic carbocycles. The second-order valence-electron chi connectivity index (χ2n) is 7.34. The summed E-state index contributed by atoms with van der Waals surface area (Å²) in [6, 6.07) is 27.2. The van der Waals surface area contributed by atoms with Crippen molar-refractivity contribution in [3.63, 3.8) is 0 Å². The lowest BCUT2D eigenvalue weighted by atomic mass is 10.0. The van der Waals surface area contributed by atoms with E-state index >= 15 is 0 Å². The van der Waals surface area contributed by atoms with E-state index in [4.69, 9.17) is 16.3 Å². The molecule has 3 N–H and O–H groups in total. The Hall–Kier alpha value is -3.70. The van der Waals surface area contributed by atoms with Gasteiger partial charge in [0.15, 0.2) is 6.61 Å². The number of amides is 1. The number of nitrogens with one attached hydrogen (secondary N) is 3. The van der Waals surface area contributed by atoms with E-state index in [2.05, 4.69) is 52.3 Å². The van der Waals surface area contributed by atoms with Crippen LogP contribution in [0.4, 0.5) is 17.1 Å². The molecule has 0 spiro atoms. The molecular formula is C25H20ClN3O2. The van der Waals surface area contributed by atoms with Crippen molar-refractivity contribution in [2.24, 2.45) is 0 Å². The number of benzene rings is 4. The molecule has 154 valence electrons. The van der Waals surface area contributed by atoms with E-state index in [0.29, 0.717) is 16.5 Å². The van der Waals surface area contributed by atoms with E-state index in [1.165, 1.54) is 10.8 Å². The third-order valence-electron chi connectivity index (χ3n) is 5.22. The molecule has 1 amide bonds. The normalized spacial score (nSPS) is 12.7. The molecule has 1 aliphatic rings. The molecule has 0 bridgehead atoms. The van der Waals surface area contributed by atoms with Crippen LogP contribution in [0.3, 0.4) is 0 Å². The number of hydrogen-bond donors (Lipinski definition) is 3. The van der Waals surface area contributed by atoms with E-state index in [1.807, 2.05) is 24.3 Å². The van der Waals surface area contributed by atoms with Gasteiger partial charge in [-0.3, -0.25) is 4.79 Å². The molecule has 1 aliphatic heterocycles. The topological polar surface area (TPSA) is 62.4 Å². The summed E-state index contributed by atoms with van der Waals surface area (Å²) in [7, 11) is 0. The van der Waals surface area contributed by atoms with Crippen LogP contribution in [0.5, 0.6) is 5.75 Å². The van der Waals surface area contributed by atoms with Crippen molar-refractivity contribution in [2.45, 2.75) is 6.17 Å². The third-order valence-corrected chi connectivity index (χ3v) is 5.47. The molecule has 0 unspecified atom stereocenters. The molecule has 6 heteroatoms. The summed E-state index contributed by atoms with van der Waals surface area (Å²) < 4.78 is 5.63. The molecule has 0 saturated carbocycles. The summed E-state index contributed by atoms with van der Waals surface area (Å²) in [5.74, 6) is 0.403. The fourth-order valence-corrected chi connectivity index (χ4v) is 3.86. The van der Waals surface area contributed by atoms with Gasteiger partial charge in [-0.2, -0.15) is 0 Å². The van der Waals surface area contributed by atoms with Crippen LogP contribution in [0.15, 0.2) is 84.9 Å². The van der Waals surface area contributed by atoms with E-state index in [1.54, 1.807) is 24.3 Å². The summed E-state index contributed by atoms with van der Waals surface area (Å²) in [4.78, 5) is 12.1.